The van der Waals surface area contributed by atoms with E-state index in [1.54, 1.807) is 12.1 Å². The fourth-order valence-electron chi connectivity index (χ4n) is 2.12. The molecule has 0 amide bonds. The van der Waals surface area contributed by atoms with Gasteiger partial charge in [-0.25, -0.2) is 13.1 Å². The number of nitrogens with zero attached hydrogens (tertiary/aromatic N) is 1. The van der Waals surface area contributed by atoms with E-state index >= 15 is 0 Å². The van der Waals surface area contributed by atoms with Gasteiger partial charge < -0.3 is 4.90 Å². The lowest BCUT2D eigenvalue weighted by atomic mass is 9.81. The van der Waals surface area contributed by atoms with Gasteiger partial charge >= 0.3 is 0 Å². The Labute approximate surface area is 127 Å². The van der Waals surface area contributed by atoms with Crippen molar-refractivity contribution in [3.8, 4) is 0 Å². The quantitative estimate of drug-likeness (QED) is 0.890. The summed E-state index contributed by atoms with van der Waals surface area (Å²) in [5.74, 6) is 0. The number of hydrogen-bond donors (Lipinski definition) is 1. The third kappa shape index (κ3) is 4.01. The molecule has 0 bridgehead atoms. The molecule has 1 aromatic heterocycles. The van der Waals surface area contributed by atoms with Crippen LogP contribution in [0.4, 0.5) is 0 Å². The predicted molar refractivity (Wildman–Crippen MR) is 82.0 cm³/mol. The molecule has 0 spiro atoms. The van der Waals surface area contributed by atoms with Crippen molar-refractivity contribution in [2.24, 2.45) is 5.41 Å². The first-order chi connectivity index (χ1) is 8.81. The van der Waals surface area contributed by atoms with Gasteiger partial charge in [-0.3, -0.25) is 0 Å². The van der Waals surface area contributed by atoms with Crippen molar-refractivity contribution in [2.75, 3.05) is 26.7 Å². The number of rotatable bonds is 4. The lowest BCUT2D eigenvalue weighted by Gasteiger charge is -2.37. The highest BCUT2D eigenvalue weighted by atomic mass is 79.9. The summed E-state index contributed by atoms with van der Waals surface area (Å²) in [6.07, 6.45) is 2.06. The summed E-state index contributed by atoms with van der Waals surface area (Å²) < 4.78 is 28.3. The second-order valence-corrected chi connectivity index (χ2v) is 9.95. The molecule has 7 heteroatoms. The largest absolute Gasteiger partial charge is 0.306 e. The molecule has 0 aliphatic carbocycles. The number of piperidine rings is 1. The van der Waals surface area contributed by atoms with Gasteiger partial charge in [-0.1, -0.05) is 6.92 Å². The van der Waals surface area contributed by atoms with Gasteiger partial charge in [0.15, 0.2) is 0 Å². The molecule has 1 aliphatic rings. The molecule has 0 radical (unpaired) electrons. The van der Waals surface area contributed by atoms with Crippen LogP contribution >= 0.6 is 27.3 Å². The molecule has 0 saturated carbocycles. The van der Waals surface area contributed by atoms with Crippen LogP contribution < -0.4 is 4.72 Å². The maximum absolute atomic E-state index is 12.2. The Kier molecular flexibility index (Phi) is 4.72. The fraction of sp³-hybridized carbons (Fsp3) is 0.667. The molecule has 2 heterocycles. The molecule has 4 nitrogen and oxygen atoms in total. The minimum atomic E-state index is -3.37. The molecule has 0 aromatic carbocycles. The molecule has 19 heavy (non-hydrogen) atoms. The van der Waals surface area contributed by atoms with E-state index in [4.69, 9.17) is 0 Å². The maximum atomic E-state index is 12.2. The summed E-state index contributed by atoms with van der Waals surface area (Å²) in [4.78, 5) is 2.28. The third-order valence-corrected chi connectivity index (χ3v) is 7.21. The Morgan fingerprint density at radius 2 is 2.05 bits per heavy atom. The third-order valence-electron chi connectivity index (χ3n) is 3.70. The maximum Gasteiger partial charge on any atom is 0.250 e. The van der Waals surface area contributed by atoms with Crippen LogP contribution in [0.5, 0.6) is 0 Å². The Morgan fingerprint density at radius 3 is 2.58 bits per heavy atom. The summed E-state index contributed by atoms with van der Waals surface area (Å²) in [6.45, 7) is 4.73. The van der Waals surface area contributed by atoms with Gasteiger partial charge in [0.2, 0.25) is 10.0 Å². The zero-order valence-electron chi connectivity index (χ0n) is 11.1. The number of nitrogens with one attached hydrogen (secondary N) is 1. The van der Waals surface area contributed by atoms with Crippen molar-refractivity contribution in [1.29, 1.82) is 0 Å². The highest BCUT2D eigenvalue weighted by Gasteiger charge is 2.30. The summed E-state index contributed by atoms with van der Waals surface area (Å²) in [5, 5.41) is 0. The molecule has 0 unspecified atom stereocenters. The molecule has 1 N–H and O–H groups in total. The molecule has 0 atom stereocenters. The van der Waals surface area contributed by atoms with E-state index in [0.29, 0.717) is 10.8 Å². The zero-order chi connectivity index (χ0) is 14.1. The molecular formula is C12H19BrN2O2S2. The summed E-state index contributed by atoms with van der Waals surface area (Å²) >= 11 is 4.53. The van der Waals surface area contributed by atoms with Crippen LogP contribution in [0.1, 0.15) is 19.8 Å². The Hall–Kier alpha value is 0.0500. The Bertz CT molecular complexity index is 534. The van der Waals surface area contributed by atoms with Crippen molar-refractivity contribution < 1.29 is 8.42 Å². The van der Waals surface area contributed by atoms with Gasteiger partial charge in [-0.05, 0) is 66.5 Å². The van der Waals surface area contributed by atoms with Crippen molar-refractivity contribution in [3.63, 3.8) is 0 Å². The first kappa shape index (κ1) is 15.4. The lowest BCUT2D eigenvalue weighted by molar-refractivity contribution is 0.143. The average molecular weight is 367 g/mol. The molecular weight excluding hydrogens is 348 g/mol. The smallest absolute Gasteiger partial charge is 0.250 e. The van der Waals surface area contributed by atoms with Crippen molar-refractivity contribution in [3.05, 3.63) is 15.9 Å². The number of likely N-dealkylation sites (tertiary alicyclic amines) is 1. The molecule has 1 aliphatic heterocycles. The summed E-state index contributed by atoms with van der Waals surface area (Å²) in [7, 11) is -1.26. The standard InChI is InChI=1S/C12H19BrN2O2S2/c1-12(5-7-15(2)8-6-12)9-14-19(16,17)11-4-3-10(13)18-11/h3-4,14H,5-9H2,1-2H3. The summed E-state index contributed by atoms with van der Waals surface area (Å²) in [6, 6.07) is 3.39. The van der Waals surface area contributed by atoms with E-state index < -0.39 is 10.0 Å². The van der Waals surface area contributed by atoms with Gasteiger partial charge in [-0.2, -0.15) is 0 Å². The Morgan fingerprint density at radius 1 is 1.42 bits per heavy atom. The minimum absolute atomic E-state index is 0.0636. The monoisotopic (exact) mass is 366 g/mol. The van der Waals surface area contributed by atoms with Crippen LogP contribution in [0, 0.1) is 5.41 Å². The fourth-order valence-corrected chi connectivity index (χ4v) is 5.37. The zero-order valence-corrected chi connectivity index (χ0v) is 14.4. The predicted octanol–water partition coefficient (Wildman–Crippen LogP) is 2.52. The van der Waals surface area contributed by atoms with E-state index in [-0.39, 0.29) is 5.41 Å². The van der Waals surface area contributed by atoms with Crippen LogP contribution in [0.2, 0.25) is 0 Å². The normalized spacial score (nSPS) is 20.6. The van der Waals surface area contributed by atoms with Crippen LogP contribution in [0.3, 0.4) is 0 Å². The minimum Gasteiger partial charge on any atom is -0.306 e. The number of sulfonamides is 1. The first-order valence-electron chi connectivity index (χ1n) is 6.24. The number of hydrogen-bond acceptors (Lipinski definition) is 4. The summed E-state index contributed by atoms with van der Waals surface area (Å²) in [5.41, 5.74) is 0.0636. The Balaban J connectivity index is 1.98. The lowest BCUT2D eigenvalue weighted by Crippen LogP contribution is -2.43. The van der Waals surface area contributed by atoms with Gasteiger partial charge in [0.25, 0.3) is 0 Å². The van der Waals surface area contributed by atoms with E-state index in [2.05, 4.69) is 39.5 Å². The molecule has 1 saturated heterocycles. The van der Waals surface area contributed by atoms with E-state index in [1.807, 2.05) is 0 Å². The van der Waals surface area contributed by atoms with Gasteiger partial charge in [0.05, 0.1) is 3.79 Å². The average Bonchev–Trinajstić information content (AvgIpc) is 2.79. The topological polar surface area (TPSA) is 49.4 Å². The number of thiophene rings is 1. The van der Waals surface area contributed by atoms with Gasteiger partial charge in [0, 0.05) is 6.54 Å². The highest BCUT2D eigenvalue weighted by Crippen LogP contribution is 2.31. The van der Waals surface area contributed by atoms with Crippen molar-refractivity contribution in [1.82, 2.24) is 9.62 Å². The first-order valence-corrected chi connectivity index (χ1v) is 9.34. The SMILES string of the molecule is CN1CCC(C)(CNS(=O)(=O)c2ccc(Br)s2)CC1. The molecule has 2 rings (SSSR count). The van der Waals surface area contributed by atoms with E-state index in [0.717, 1.165) is 29.7 Å². The van der Waals surface area contributed by atoms with Crippen LogP contribution in [-0.2, 0) is 10.0 Å². The van der Waals surface area contributed by atoms with Crippen molar-refractivity contribution >= 4 is 37.3 Å². The molecule has 1 aromatic rings. The van der Waals surface area contributed by atoms with Gasteiger partial charge in [-0.15, -0.1) is 11.3 Å². The molecule has 108 valence electrons. The van der Waals surface area contributed by atoms with Crippen LogP contribution in [0.15, 0.2) is 20.1 Å². The van der Waals surface area contributed by atoms with Crippen LogP contribution in [-0.4, -0.2) is 40.0 Å². The van der Waals surface area contributed by atoms with E-state index in [1.165, 1.54) is 11.3 Å². The number of halogens is 1. The highest BCUT2D eigenvalue weighted by molar-refractivity contribution is 9.11. The van der Waals surface area contributed by atoms with Crippen molar-refractivity contribution in [2.45, 2.75) is 24.0 Å². The van der Waals surface area contributed by atoms with E-state index in [9.17, 15) is 8.42 Å². The second kappa shape index (κ2) is 5.81. The van der Waals surface area contributed by atoms with Gasteiger partial charge in [0.1, 0.15) is 4.21 Å². The second-order valence-electron chi connectivity index (χ2n) is 5.50. The van der Waals surface area contributed by atoms with Crippen LogP contribution in [0.25, 0.3) is 0 Å². The molecule has 1 fully saturated rings.